The van der Waals surface area contributed by atoms with E-state index in [0.717, 1.165) is 32.7 Å². The van der Waals surface area contributed by atoms with Gasteiger partial charge in [-0.2, -0.15) is 0 Å². The molecule has 1 saturated heterocycles. The number of ether oxygens (including phenoxy) is 1. The highest BCUT2D eigenvalue weighted by atomic mass is 16.5. The standard InChI is InChI=1S/C21H43NO2/c23-19-15-13-11-9-7-5-3-1-2-4-6-8-10-12-14-16-22-17-20-24-21-18-22/h23H,1-21H2. The summed E-state index contributed by atoms with van der Waals surface area (Å²) in [6.07, 6.45) is 20.5. The van der Waals surface area contributed by atoms with Crippen LogP contribution in [0.5, 0.6) is 0 Å². The van der Waals surface area contributed by atoms with E-state index in [1.165, 1.54) is 96.4 Å². The maximum atomic E-state index is 8.72. The van der Waals surface area contributed by atoms with Gasteiger partial charge in [-0.25, -0.2) is 0 Å². The Balaban J connectivity index is 1.66. The fourth-order valence-corrected chi connectivity index (χ4v) is 3.57. The van der Waals surface area contributed by atoms with Crippen molar-refractivity contribution in [2.75, 3.05) is 39.5 Å². The number of nitrogens with zero attached hydrogens (tertiary/aromatic N) is 1. The molecule has 1 aliphatic heterocycles. The number of aliphatic hydroxyl groups is 1. The second-order valence-electron chi connectivity index (χ2n) is 7.48. The summed E-state index contributed by atoms with van der Waals surface area (Å²) in [7, 11) is 0. The SMILES string of the molecule is OCCCCCCCCCCCCCCCCCN1CCOCC1. The summed E-state index contributed by atoms with van der Waals surface area (Å²) in [4.78, 5) is 2.55. The Bertz CT molecular complexity index is 242. The quantitative estimate of drug-likeness (QED) is 0.371. The lowest BCUT2D eigenvalue weighted by Crippen LogP contribution is -2.36. The zero-order valence-corrected chi connectivity index (χ0v) is 16.2. The Kier molecular flexibility index (Phi) is 16.2. The van der Waals surface area contributed by atoms with Crippen molar-refractivity contribution in [3.63, 3.8) is 0 Å². The molecular weight excluding hydrogens is 298 g/mol. The summed E-state index contributed by atoms with van der Waals surface area (Å²) in [6.45, 7) is 5.80. The molecule has 1 fully saturated rings. The predicted octanol–water partition coefficient (Wildman–Crippen LogP) is 5.16. The van der Waals surface area contributed by atoms with Crippen molar-refractivity contribution in [3.8, 4) is 0 Å². The Morgan fingerprint density at radius 2 is 0.917 bits per heavy atom. The third kappa shape index (κ3) is 14.2. The summed E-state index contributed by atoms with van der Waals surface area (Å²) in [5, 5.41) is 8.72. The van der Waals surface area contributed by atoms with Gasteiger partial charge in [0.25, 0.3) is 0 Å². The lowest BCUT2D eigenvalue weighted by molar-refractivity contribution is 0.0371. The smallest absolute Gasteiger partial charge is 0.0594 e. The minimum absolute atomic E-state index is 0.369. The molecule has 1 N–H and O–H groups in total. The van der Waals surface area contributed by atoms with Crippen molar-refractivity contribution in [2.24, 2.45) is 0 Å². The summed E-state index contributed by atoms with van der Waals surface area (Å²) in [5.41, 5.74) is 0. The van der Waals surface area contributed by atoms with Crippen LogP contribution in [0.3, 0.4) is 0 Å². The van der Waals surface area contributed by atoms with Gasteiger partial charge in [-0.15, -0.1) is 0 Å². The van der Waals surface area contributed by atoms with Gasteiger partial charge < -0.3 is 9.84 Å². The molecule has 0 radical (unpaired) electrons. The van der Waals surface area contributed by atoms with Crippen molar-refractivity contribution in [3.05, 3.63) is 0 Å². The van der Waals surface area contributed by atoms with Crippen LogP contribution in [-0.2, 0) is 4.74 Å². The normalized spacial score (nSPS) is 15.9. The van der Waals surface area contributed by atoms with Crippen LogP contribution in [0.4, 0.5) is 0 Å². The van der Waals surface area contributed by atoms with Gasteiger partial charge in [-0.1, -0.05) is 83.5 Å². The first-order valence-corrected chi connectivity index (χ1v) is 10.8. The highest BCUT2D eigenvalue weighted by Gasteiger charge is 2.08. The highest BCUT2D eigenvalue weighted by molar-refractivity contribution is 4.61. The van der Waals surface area contributed by atoms with E-state index in [-0.39, 0.29) is 0 Å². The van der Waals surface area contributed by atoms with Gasteiger partial charge in [0.05, 0.1) is 13.2 Å². The Morgan fingerprint density at radius 1 is 0.542 bits per heavy atom. The monoisotopic (exact) mass is 341 g/mol. The molecule has 1 heterocycles. The van der Waals surface area contributed by atoms with Gasteiger partial charge in [-0.05, 0) is 19.4 Å². The number of hydrogen-bond acceptors (Lipinski definition) is 3. The Morgan fingerprint density at radius 3 is 1.33 bits per heavy atom. The van der Waals surface area contributed by atoms with Gasteiger partial charge in [0.1, 0.15) is 0 Å². The van der Waals surface area contributed by atoms with E-state index in [1.54, 1.807) is 0 Å². The molecule has 1 aliphatic rings. The largest absolute Gasteiger partial charge is 0.396 e. The van der Waals surface area contributed by atoms with Crippen LogP contribution in [0.15, 0.2) is 0 Å². The number of rotatable bonds is 17. The van der Waals surface area contributed by atoms with E-state index in [4.69, 9.17) is 9.84 Å². The van der Waals surface area contributed by atoms with Gasteiger partial charge >= 0.3 is 0 Å². The molecule has 0 bridgehead atoms. The van der Waals surface area contributed by atoms with Gasteiger partial charge in [0.15, 0.2) is 0 Å². The van der Waals surface area contributed by atoms with Crippen molar-refractivity contribution < 1.29 is 9.84 Å². The van der Waals surface area contributed by atoms with Crippen LogP contribution in [0.25, 0.3) is 0 Å². The third-order valence-corrected chi connectivity index (χ3v) is 5.24. The lowest BCUT2D eigenvalue weighted by atomic mass is 10.0. The first kappa shape index (κ1) is 21.9. The first-order chi connectivity index (χ1) is 11.9. The summed E-state index contributed by atoms with van der Waals surface area (Å²) >= 11 is 0. The van der Waals surface area contributed by atoms with Crippen molar-refractivity contribution >= 4 is 0 Å². The Labute approximate surface area is 151 Å². The average molecular weight is 342 g/mol. The summed E-state index contributed by atoms with van der Waals surface area (Å²) in [6, 6.07) is 0. The fourth-order valence-electron chi connectivity index (χ4n) is 3.57. The van der Waals surface area contributed by atoms with E-state index in [1.807, 2.05) is 0 Å². The zero-order chi connectivity index (χ0) is 17.1. The minimum Gasteiger partial charge on any atom is -0.396 e. The molecule has 0 spiro atoms. The molecule has 3 nitrogen and oxygen atoms in total. The molecule has 0 aromatic heterocycles. The molecule has 0 aromatic carbocycles. The highest BCUT2D eigenvalue weighted by Crippen LogP contribution is 2.13. The van der Waals surface area contributed by atoms with Crippen LogP contribution < -0.4 is 0 Å². The third-order valence-electron chi connectivity index (χ3n) is 5.24. The summed E-state index contributed by atoms with van der Waals surface area (Å²) < 4.78 is 5.38. The molecular formula is C21H43NO2. The van der Waals surface area contributed by atoms with Crippen LogP contribution in [-0.4, -0.2) is 49.5 Å². The van der Waals surface area contributed by atoms with E-state index < -0.39 is 0 Å². The minimum atomic E-state index is 0.369. The molecule has 0 aliphatic carbocycles. The van der Waals surface area contributed by atoms with E-state index >= 15 is 0 Å². The molecule has 0 saturated carbocycles. The average Bonchev–Trinajstić information content (AvgIpc) is 2.62. The maximum absolute atomic E-state index is 8.72. The van der Waals surface area contributed by atoms with E-state index in [0.29, 0.717) is 6.61 Å². The molecule has 3 heteroatoms. The first-order valence-electron chi connectivity index (χ1n) is 10.8. The van der Waals surface area contributed by atoms with Crippen LogP contribution in [0.2, 0.25) is 0 Å². The number of hydrogen-bond donors (Lipinski definition) is 1. The second kappa shape index (κ2) is 17.7. The van der Waals surface area contributed by atoms with Gasteiger partial charge in [0.2, 0.25) is 0 Å². The number of unbranched alkanes of at least 4 members (excludes halogenated alkanes) is 14. The fraction of sp³-hybridized carbons (Fsp3) is 1.00. The molecule has 0 unspecified atom stereocenters. The van der Waals surface area contributed by atoms with Crippen molar-refractivity contribution in [1.82, 2.24) is 4.90 Å². The van der Waals surface area contributed by atoms with Crippen molar-refractivity contribution in [1.29, 1.82) is 0 Å². The zero-order valence-electron chi connectivity index (χ0n) is 16.2. The predicted molar refractivity (Wildman–Crippen MR) is 104 cm³/mol. The van der Waals surface area contributed by atoms with E-state index in [9.17, 15) is 0 Å². The lowest BCUT2D eigenvalue weighted by Gasteiger charge is -2.26. The van der Waals surface area contributed by atoms with Crippen LogP contribution >= 0.6 is 0 Å². The van der Waals surface area contributed by atoms with Gasteiger partial charge in [-0.3, -0.25) is 4.90 Å². The second-order valence-corrected chi connectivity index (χ2v) is 7.48. The molecule has 0 atom stereocenters. The topological polar surface area (TPSA) is 32.7 Å². The van der Waals surface area contributed by atoms with Crippen LogP contribution in [0, 0.1) is 0 Å². The molecule has 0 aromatic rings. The molecule has 144 valence electrons. The van der Waals surface area contributed by atoms with Crippen LogP contribution in [0.1, 0.15) is 96.3 Å². The molecule has 24 heavy (non-hydrogen) atoms. The molecule has 0 amide bonds. The maximum Gasteiger partial charge on any atom is 0.0594 e. The van der Waals surface area contributed by atoms with Crippen molar-refractivity contribution in [2.45, 2.75) is 96.3 Å². The summed E-state index contributed by atoms with van der Waals surface area (Å²) in [5.74, 6) is 0. The number of morpholine rings is 1. The number of aliphatic hydroxyl groups excluding tert-OH is 1. The van der Waals surface area contributed by atoms with E-state index in [2.05, 4.69) is 4.90 Å². The van der Waals surface area contributed by atoms with Gasteiger partial charge in [0, 0.05) is 19.7 Å². The molecule has 1 rings (SSSR count). The Hall–Kier alpha value is -0.120.